The van der Waals surface area contributed by atoms with Crippen LogP contribution in [-0.4, -0.2) is 30.6 Å². The molecule has 4 aliphatic carbocycles. The minimum absolute atomic E-state index is 0.210. The smallest absolute Gasteiger partial charge is 0.309 e. The van der Waals surface area contributed by atoms with Gasteiger partial charge in [-0.3, -0.25) is 4.79 Å². The first-order chi connectivity index (χ1) is 8.07. The Balaban J connectivity index is 1.86. The molecule has 0 radical (unpaired) electrons. The Morgan fingerprint density at radius 1 is 1.29 bits per heavy atom. The summed E-state index contributed by atoms with van der Waals surface area (Å²) in [5.74, 6) is 0.477. The van der Waals surface area contributed by atoms with Gasteiger partial charge in [0.05, 0.1) is 11.0 Å². The molecule has 4 aliphatic rings. The van der Waals surface area contributed by atoms with Gasteiger partial charge in [0.2, 0.25) is 0 Å². The van der Waals surface area contributed by atoms with Crippen molar-refractivity contribution in [2.45, 2.75) is 44.1 Å². The maximum Gasteiger partial charge on any atom is 0.309 e. The summed E-state index contributed by atoms with van der Waals surface area (Å²) in [6, 6.07) is 0. The summed E-state index contributed by atoms with van der Waals surface area (Å²) in [6.07, 6.45) is 5.66. The number of carboxylic acids is 1. The Morgan fingerprint density at radius 2 is 1.94 bits per heavy atom. The van der Waals surface area contributed by atoms with Gasteiger partial charge in [-0.1, -0.05) is 0 Å². The number of methoxy groups -OCH3 is 1. The SMILES string of the molecule is COCOC12CC3CC(C1)CC(C(=O)O)(C3)C2. The zero-order valence-electron chi connectivity index (χ0n) is 10.3. The van der Waals surface area contributed by atoms with Crippen molar-refractivity contribution in [3.05, 3.63) is 0 Å². The van der Waals surface area contributed by atoms with Crippen LogP contribution in [0.4, 0.5) is 0 Å². The van der Waals surface area contributed by atoms with Gasteiger partial charge in [-0.25, -0.2) is 0 Å². The van der Waals surface area contributed by atoms with Crippen LogP contribution >= 0.6 is 0 Å². The van der Waals surface area contributed by atoms with E-state index >= 15 is 0 Å². The van der Waals surface area contributed by atoms with Crippen molar-refractivity contribution < 1.29 is 19.4 Å². The van der Waals surface area contributed by atoms with E-state index in [9.17, 15) is 9.90 Å². The molecule has 0 aliphatic heterocycles. The van der Waals surface area contributed by atoms with Crippen LogP contribution in [0.25, 0.3) is 0 Å². The maximum absolute atomic E-state index is 11.6. The second-order valence-corrected chi connectivity index (χ2v) is 6.28. The molecular formula is C13H20O4. The topological polar surface area (TPSA) is 55.8 Å². The molecule has 4 nitrogen and oxygen atoms in total. The van der Waals surface area contributed by atoms with E-state index in [4.69, 9.17) is 9.47 Å². The standard InChI is InChI=1S/C13H20O4/c1-16-8-17-13-5-9-2-10(6-13)4-12(3-9,7-13)11(14)15/h9-10H,2-8H2,1H3,(H,14,15). The molecule has 4 rings (SSSR count). The number of hydrogen-bond acceptors (Lipinski definition) is 3. The third kappa shape index (κ3) is 1.69. The average molecular weight is 240 g/mol. The molecule has 0 aromatic rings. The van der Waals surface area contributed by atoms with Crippen molar-refractivity contribution in [2.24, 2.45) is 17.3 Å². The molecule has 0 aromatic carbocycles. The summed E-state index contributed by atoms with van der Waals surface area (Å²) in [4.78, 5) is 11.6. The highest BCUT2D eigenvalue weighted by Crippen LogP contribution is 2.62. The monoisotopic (exact) mass is 240 g/mol. The van der Waals surface area contributed by atoms with Crippen LogP contribution < -0.4 is 0 Å². The first kappa shape index (κ1) is 11.5. The van der Waals surface area contributed by atoms with Crippen LogP contribution in [-0.2, 0) is 14.3 Å². The highest BCUT2D eigenvalue weighted by molar-refractivity contribution is 5.75. The number of rotatable bonds is 4. The predicted molar refractivity (Wildman–Crippen MR) is 60.4 cm³/mol. The zero-order valence-corrected chi connectivity index (χ0v) is 10.3. The molecule has 4 fully saturated rings. The fourth-order valence-electron chi connectivity index (χ4n) is 4.78. The molecule has 2 unspecified atom stereocenters. The molecule has 0 aromatic heterocycles. The minimum atomic E-state index is -0.614. The van der Waals surface area contributed by atoms with E-state index in [2.05, 4.69) is 0 Å². The van der Waals surface area contributed by atoms with E-state index in [-0.39, 0.29) is 12.4 Å². The van der Waals surface area contributed by atoms with E-state index in [1.807, 2.05) is 0 Å². The normalized spacial score (nSPS) is 47.4. The first-order valence-corrected chi connectivity index (χ1v) is 6.44. The fraction of sp³-hybridized carbons (Fsp3) is 0.923. The van der Waals surface area contributed by atoms with Gasteiger partial charge in [-0.05, 0) is 50.4 Å². The lowest BCUT2D eigenvalue weighted by atomic mass is 9.48. The third-order valence-electron chi connectivity index (χ3n) is 4.94. The number of carbonyl (C=O) groups is 1. The van der Waals surface area contributed by atoms with Crippen molar-refractivity contribution in [3.63, 3.8) is 0 Å². The second kappa shape index (κ2) is 3.69. The predicted octanol–water partition coefficient (Wildman–Crippen LogP) is 2.03. The minimum Gasteiger partial charge on any atom is -0.481 e. The van der Waals surface area contributed by atoms with Gasteiger partial charge in [-0.15, -0.1) is 0 Å². The largest absolute Gasteiger partial charge is 0.481 e. The Morgan fingerprint density at radius 3 is 2.47 bits per heavy atom. The maximum atomic E-state index is 11.6. The lowest BCUT2D eigenvalue weighted by Gasteiger charge is -2.59. The molecule has 0 heterocycles. The first-order valence-electron chi connectivity index (χ1n) is 6.44. The van der Waals surface area contributed by atoms with Crippen molar-refractivity contribution in [3.8, 4) is 0 Å². The lowest BCUT2D eigenvalue weighted by Crippen LogP contribution is -2.59. The van der Waals surface area contributed by atoms with Gasteiger partial charge in [0.25, 0.3) is 0 Å². The van der Waals surface area contributed by atoms with E-state index in [1.54, 1.807) is 7.11 Å². The second-order valence-electron chi connectivity index (χ2n) is 6.28. The Kier molecular flexibility index (Phi) is 2.49. The number of hydrogen-bond donors (Lipinski definition) is 1. The van der Waals surface area contributed by atoms with Gasteiger partial charge < -0.3 is 14.6 Å². The van der Waals surface area contributed by atoms with E-state index < -0.39 is 11.4 Å². The van der Waals surface area contributed by atoms with Crippen LogP contribution in [0, 0.1) is 17.3 Å². The van der Waals surface area contributed by atoms with Crippen LogP contribution in [0.2, 0.25) is 0 Å². The number of carboxylic acid groups (broad SMARTS) is 1. The summed E-state index contributed by atoms with van der Waals surface area (Å²) >= 11 is 0. The molecule has 4 saturated carbocycles. The molecule has 4 bridgehead atoms. The molecule has 0 saturated heterocycles. The van der Waals surface area contributed by atoms with Crippen LogP contribution in [0.1, 0.15) is 38.5 Å². The lowest BCUT2D eigenvalue weighted by molar-refractivity contribution is -0.229. The van der Waals surface area contributed by atoms with Crippen LogP contribution in [0.15, 0.2) is 0 Å². The van der Waals surface area contributed by atoms with Gasteiger partial charge in [0.1, 0.15) is 6.79 Å². The molecule has 4 heteroatoms. The fourth-order valence-corrected chi connectivity index (χ4v) is 4.78. The van der Waals surface area contributed by atoms with Crippen molar-refractivity contribution in [1.29, 1.82) is 0 Å². The molecule has 0 amide bonds. The molecule has 2 atom stereocenters. The Labute approximate surface area is 101 Å². The third-order valence-corrected chi connectivity index (χ3v) is 4.94. The Hall–Kier alpha value is -0.610. The number of ether oxygens (including phenoxy) is 2. The van der Waals surface area contributed by atoms with E-state index in [1.165, 1.54) is 6.42 Å². The summed E-state index contributed by atoms with van der Waals surface area (Å²) in [5, 5.41) is 9.53. The van der Waals surface area contributed by atoms with E-state index in [0.29, 0.717) is 18.3 Å². The molecule has 17 heavy (non-hydrogen) atoms. The van der Waals surface area contributed by atoms with Crippen LogP contribution in [0.3, 0.4) is 0 Å². The van der Waals surface area contributed by atoms with Crippen LogP contribution in [0.5, 0.6) is 0 Å². The molecule has 1 N–H and O–H groups in total. The summed E-state index contributed by atoms with van der Waals surface area (Å²) < 4.78 is 10.9. The summed E-state index contributed by atoms with van der Waals surface area (Å²) in [5.41, 5.74) is -0.712. The highest BCUT2D eigenvalue weighted by Gasteiger charge is 2.61. The summed E-state index contributed by atoms with van der Waals surface area (Å²) in [7, 11) is 1.62. The number of aliphatic carboxylic acids is 1. The summed E-state index contributed by atoms with van der Waals surface area (Å²) in [6.45, 7) is 0.287. The van der Waals surface area contributed by atoms with Gasteiger partial charge in [-0.2, -0.15) is 0 Å². The molecule has 0 spiro atoms. The van der Waals surface area contributed by atoms with Crippen molar-refractivity contribution >= 4 is 5.97 Å². The van der Waals surface area contributed by atoms with Crippen molar-refractivity contribution in [2.75, 3.05) is 13.9 Å². The van der Waals surface area contributed by atoms with Crippen molar-refractivity contribution in [1.82, 2.24) is 0 Å². The zero-order chi connectivity index (χ0) is 12.1. The average Bonchev–Trinajstić information content (AvgIpc) is 2.24. The van der Waals surface area contributed by atoms with Gasteiger partial charge in [0.15, 0.2) is 0 Å². The Bertz CT molecular complexity index is 324. The molecule has 96 valence electrons. The van der Waals surface area contributed by atoms with Gasteiger partial charge >= 0.3 is 5.97 Å². The molecular weight excluding hydrogens is 220 g/mol. The highest BCUT2D eigenvalue weighted by atomic mass is 16.7. The quantitative estimate of drug-likeness (QED) is 0.764. The van der Waals surface area contributed by atoms with E-state index in [0.717, 1.165) is 25.7 Å². The van der Waals surface area contributed by atoms with Gasteiger partial charge in [0, 0.05) is 7.11 Å².